The van der Waals surface area contributed by atoms with E-state index in [1.807, 2.05) is 13.0 Å². The SMILES string of the molecule is COc1cccc(C(=O)NCCN(C(C)=O)c2cccc(Cl)c2C)c1. The first-order chi connectivity index (χ1) is 11.9. The monoisotopic (exact) mass is 360 g/mol. The summed E-state index contributed by atoms with van der Waals surface area (Å²) < 4.78 is 5.12. The van der Waals surface area contributed by atoms with Gasteiger partial charge in [-0.3, -0.25) is 9.59 Å². The molecule has 0 aliphatic rings. The van der Waals surface area contributed by atoms with Crippen molar-refractivity contribution in [3.8, 4) is 5.75 Å². The molecule has 2 rings (SSSR count). The molecule has 6 heteroatoms. The summed E-state index contributed by atoms with van der Waals surface area (Å²) in [5.74, 6) is 0.291. The van der Waals surface area contributed by atoms with Crippen molar-refractivity contribution in [2.75, 3.05) is 25.1 Å². The van der Waals surface area contributed by atoms with Crippen molar-refractivity contribution in [3.05, 3.63) is 58.6 Å². The Morgan fingerprint density at radius 1 is 1.20 bits per heavy atom. The number of hydrogen-bond acceptors (Lipinski definition) is 3. The quantitative estimate of drug-likeness (QED) is 0.858. The van der Waals surface area contributed by atoms with E-state index in [2.05, 4.69) is 5.32 Å². The number of rotatable bonds is 6. The van der Waals surface area contributed by atoms with Crippen LogP contribution in [0.4, 0.5) is 5.69 Å². The lowest BCUT2D eigenvalue weighted by Crippen LogP contribution is -2.38. The highest BCUT2D eigenvalue weighted by Gasteiger charge is 2.15. The Kier molecular flexibility index (Phi) is 6.42. The standard InChI is InChI=1S/C19H21ClN2O3/c1-13-17(20)8-5-9-18(13)22(14(2)23)11-10-21-19(24)15-6-4-7-16(12-15)25-3/h4-9,12H,10-11H2,1-3H3,(H,21,24). The molecule has 132 valence electrons. The smallest absolute Gasteiger partial charge is 0.251 e. The van der Waals surface area contributed by atoms with Gasteiger partial charge in [-0.1, -0.05) is 23.7 Å². The summed E-state index contributed by atoms with van der Waals surface area (Å²) in [7, 11) is 1.55. The van der Waals surface area contributed by atoms with Crippen molar-refractivity contribution < 1.29 is 14.3 Å². The number of benzene rings is 2. The van der Waals surface area contributed by atoms with E-state index in [1.54, 1.807) is 48.4 Å². The third-order valence-electron chi connectivity index (χ3n) is 3.86. The van der Waals surface area contributed by atoms with Crippen LogP contribution in [0.3, 0.4) is 0 Å². The van der Waals surface area contributed by atoms with Crippen molar-refractivity contribution in [1.29, 1.82) is 0 Å². The van der Waals surface area contributed by atoms with E-state index in [9.17, 15) is 9.59 Å². The molecule has 0 radical (unpaired) electrons. The van der Waals surface area contributed by atoms with Crippen LogP contribution in [0.15, 0.2) is 42.5 Å². The Morgan fingerprint density at radius 3 is 2.60 bits per heavy atom. The number of ether oxygens (including phenoxy) is 1. The molecule has 0 aromatic heterocycles. The first-order valence-corrected chi connectivity index (χ1v) is 8.27. The number of nitrogens with zero attached hydrogens (tertiary/aromatic N) is 1. The van der Waals surface area contributed by atoms with Crippen LogP contribution in [0.25, 0.3) is 0 Å². The Labute approximate surface area is 152 Å². The summed E-state index contributed by atoms with van der Waals surface area (Å²) in [6.07, 6.45) is 0. The summed E-state index contributed by atoms with van der Waals surface area (Å²) in [5.41, 5.74) is 2.08. The van der Waals surface area contributed by atoms with Gasteiger partial charge in [-0.15, -0.1) is 0 Å². The van der Waals surface area contributed by atoms with E-state index >= 15 is 0 Å². The normalized spacial score (nSPS) is 10.2. The van der Waals surface area contributed by atoms with Crippen LogP contribution in [-0.4, -0.2) is 32.0 Å². The molecule has 0 unspecified atom stereocenters. The minimum atomic E-state index is -0.217. The van der Waals surface area contributed by atoms with Gasteiger partial charge in [-0.05, 0) is 42.8 Å². The minimum absolute atomic E-state index is 0.110. The van der Waals surface area contributed by atoms with Crippen molar-refractivity contribution in [3.63, 3.8) is 0 Å². The largest absolute Gasteiger partial charge is 0.497 e. The van der Waals surface area contributed by atoms with Crippen molar-refractivity contribution in [1.82, 2.24) is 5.32 Å². The second-order valence-corrected chi connectivity index (χ2v) is 5.95. The number of halogens is 1. The number of nitrogens with one attached hydrogen (secondary N) is 1. The Bertz CT molecular complexity index is 777. The van der Waals surface area contributed by atoms with Crippen LogP contribution in [0.2, 0.25) is 5.02 Å². The second kappa shape index (κ2) is 8.53. The van der Waals surface area contributed by atoms with Crippen molar-refractivity contribution >= 4 is 29.1 Å². The van der Waals surface area contributed by atoms with Gasteiger partial charge in [0.25, 0.3) is 5.91 Å². The molecule has 0 heterocycles. The molecule has 2 aromatic rings. The molecular weight excluding hydrogens is 340 g/mol. The highest BCUT2D eigenvalue weighted by Crippen LogP contribution is 2.26. The van der Waals surface area contributed by atoms with Gasteiger partial charge in [-0.2, -0.15) is 0 Å². The highest BCUT2D eigenvalue weighted by atomic mass is 35.5. The maximum absolute atomic E-state index is 12.2. The fourth-order valence-electron chi connectivity index (χ4n) is 2.48. The molecule has 25 heavy (non-hydrogen) atoms. The third kappa shape index (κ3) is 4.73. The number of hydrogen-bond donors (Lipinski definition) is 1. The maximum atomic E-state index is 12.2. The predicted octanol–water partition coefficient (Wildman–Crippen LogP) is 3.44. The first-order valence-electron chi connectivity index (χ1n) is 7.89. The summed E-state index contributed by atoms with van der Waals surface area (Å²) in [4.78, 5) is 25.8. The molecule has 0 atom stereocenters. The molecule has 0 aliphatic heterocycles. The third-order valence-corrected chi connectivity index (χ3v) is 4.27. The molecule has 0 aliphatic carbocycles. The van der Waals surface area contributed by atoms with Gasteiger partial charge >= 0.3 is 0 Å². The Hall–Kier alpha value is -2.53. The predicted molar refractivity (Wildman–Crippen MR) is 99.5 cm³/mol. The number of anilines is 1. The van der Waals surface area contributed by atoms with Gasteiger partial charge in [0, 0.05) is 36.3 Å². The van der Waals surface area contributed by atoms with E-state index < -0.39 is 0 Å². The summed E-state index contributed by atoms with van der Waals surface area (Å²) >= 11 is 6.14. The Morgan fingerprint density at radius 2 is 1.92 bits per heavy atom. The van der Waals surface area contributed by atoms with Crippen LogP contribution in [-0.2, 0) is 4.79 Å². The average Bonchev–Trinajstić information content (AvgIpc) is 2.61. The maximum Gasteiger partial charge on any atom is 0.251 e. The van der Waals surface area contributed by atoms with Gasteiger partial charge < -0.3 is 15.0 Å². The van der Waals surface area contributed by atoms with E-state index in [0.29, 0.717) is 29.4 Å². The number of methoxy groups -OCH3 is 1. The molecule has 0 bridgehead atoms. The van der Waals surface area contributed by atoms with Crippen LogP contribution in [0, 0.1) is 6.92 Å². The van der Waals surface area contributed by atoms with Crippen LogP contribution in [0.5, 0.6) is 5.75 Å². The lowest BCUT2D eigenvalue weighted by Gasteiger charge is -2.23. The van der Waals surface area contributed by atoms with Crippen molar-refractivity contribution in [2.24, 2.45) is 0 Å². The number of carbonyl (C=O) groups excluding carboxylic acids is 2. The van der Waals surface area contributed by atoms with E-state index in [-0.39, 0.29) is 11.8 Å². The molecule has 0 spiro atoms. The average molecular weight is 361 g/mol. The van der Waals surface area contributed by atoms with Gasteiger partial charge in [-0.25, -0.2) is 0 Å². The second-order valence-electron chi connectivity index (χ2n) is 5.54. The van der Waals surface area contributed by atoms with Crippen LogP contribution >= 0.6 is 11.6 Å². The zero-order valence-electron chi connectivity index (χ0n) is 14.5. The number of carbonyl (C=O) groups is 2. The topological polar surface area (TPSA) is 58.6 Å². The molecule has 0 saturated carbocycles. The minimum Gasteiger partial charge on any atom is -0.497 e. The fourth-order valence-corrected chi connectivity index (χ4v) is 2.65. The summed E-state index contributed by atoms with van der Waals surface area (Å²) in [6, 6.07) is 12.3. The summed E-state index contributed by atoms with van der Waals surface area (Å²) in [6.45, 7) is 4.03. The van der Waals surface area contributed by atoms with Crippen LogP contribution < -0.4 is 15.0 Å². The van der Waals surface area contributed by atoms with Gasteiger partial charge in [0.05, 0.1) is 7.11 Å². The van der Waals surface area contributed by atoms with E-state index in [4.69, 9.17) is 16.3 Å². The molecule has 2 aromatic carbocycles. The fraction of sp³-hybridized carbons (Fsp3) is 0.263. The molecule has 0 fully saturated rings. The lowest BCUT2D eigenvalue weighted by atomic mass is 10.1. The van der Waals surface area contributed by atoms with E-state index in [0.717, 1.165) is 11.3 Å². The van der Waals surface area contributed by atoms with Gasteiger partial charge in [0.15, 0.2) is 0 Å². The van der Waals surface area contributed by atoms with E-state index in [1.165, 1.54) is 6.92 Å². The highest BCUT2D eigenvalue weighted by molar-refractivity contribution is 6.31. The Balaban J connectivity index is 2.03. The zero-order chi connectivity index (χ0) is 18.4. The molecule has 0 saturated heterocycles. The zero-order valence-corrected chi connectivity index (χ0v) is 15.3. The van der Waals surface area contributed by atoms with Crippen molar-refractivity contribution in [2.45, 2.75) is 13.8 Å². The molecule has 2 amide bonds. The lowest BCUT2D eigenvalue weighted by molar-refractivity contribution is -0.116. The summed E-state index contributed by atoms with van der Waals surface area (Å²) in [5, 5.41) is 3.42. The van der Waals surface area contributed by atoms with Crippen LogP contribution in [0.1, 0.15) is 22.8 Å². The first kappa shape index (κ1) is 18.8. The van der Waals surface area contributed by atoms with Gasteiger partial charge in [0.1, 0.15) is 5.75 Å². The molecule has 5 nitrogen and oxygen atoms in total. The van der Waals surface area contributed by atoms with Gasteiger partial charge in [0.2, 0.25) is 5.91 Å². The molecular formula is C19H21ClN2O3. The number of amides is 2. The molecule has 1 N–H and O–H groups in total.